The van der Waals surface area contributed by atoms with Gasteiger partial charge in [0.05, 0.1) is 0 Å². The summed E-state index contributed by atoms with van der Waals surface area (Å²) in [6.07, 6.45) is 1.14. The van der Waals surface area contributed by atoms with E-state index >= 15 is 0 Å². The van der Waals surface area contributed by atoms with Gasteiger partial charge in [-0.25, -0.2) is 0 Å². The second-order valence-corrected chi connectivity index (χ2v) is 19.6. The molecule has 1 atom stereocenters. The van der Waals surface area contributed by atoms with Crippen molar-refractivity contribution < 1.29 is 27.6 Å². The van der Waals surface area contributed by atoms with E-state index in [0.717, 1.165) is 35.7 Å². The Labute approximate surface area is 182 Å². The number of rotatable bonds is 16. The maximum absolute atomic E-state index is 11.1. The predicted octanol–water partition coefficient (Wildman–Crippen LogP) is 1.98. The molecule has 0 aliphatic carbocycles. The summed E-state index contributed by atoms with van der Waals surface area (Å²) in [5.74, 6) is 2.14. The van der Waals surface area contributed by atoms with Gasteiger partial charge in [-0.1, -0.05) is 0 Å². The normalized spacial score (nSPS) is 12.9. The molecule has 0 aliphatic rings. The van der Waals surface area contributed by atoms with E-state index in [2.05, 4.69) is 28.4 Å². The molecule has 0 radical (unpaired) electrons. The van der Waals surface area contributed by atoms with Crippen molar-refractivity contribution in [1.82, 2.24) is 0 Å². The Kier molecular flexibility index (Phi) is 14.4. The number of nitrogens with zero attached hydrogens (tertiary/aromatic N) is 1. The zero-order valence-electron chi connectivity index (χ0n) is 15.6. The Morgan fingerprint density at radius 2 is 1.82 bits per heavy atom. The van der Waals surface area contributed by atoms with Crippen molar-refractivity contribution in [2.75, 3.05) is 47.5 Å². The first kappa shape index (κ1) is 26.4. The van der Waals surface area contributed by atoms with Crippen LogP contribution in [0, 0.1) is 0 Å². The number of anilines is 1. The molecule has 1 unspecified atom stereocenters. The minimum atomic E-state index is -4.06. The number of hydrogen-bond donors (Lipinski definition) is 3. The van der Waals surface area contributed by atoms with Crippen LogP contribution in [0.25, 0.3) is 0 Å². The molecule has 162 valence electrons. The van der Waals surface area contributed by atoms with E-state index in [1.165, 1.54) is 4.35 Å². The van der Waals surface area contributed by atoms with Gasteiger partial charge < -0.3 is 0 Å². The molecule has 8 nitrogen and oxygen atoms in total. The summed E-state index contributed by atoms with van der Waals surface area (Å²) in [4.78, 5) is 1.84. The van der Waals surface area contributed by atoms with Crippen molar-refractivity contribution in [2.45, 2.75) is 13.3 Å². The van der Waals surface area contributed by atoms with E-state index in [0.29, 0.717) is 18.8 Å². The maximum atomic E-state index is 11.1. The molecule has 0 amide bonds. The summed E-state index contributed by atoms with van der Waals surface area (Å²) < 4.78 is 37.0. The van der Waals surface area contributed by atoms with Gasteiger partial charge in [-0.2, -0.15) is 0 Å². The van der Waals surface area contributed by atoms with Crippen LogP contribution in [0.1, 0.15) is 13.3 Å². The Balaban J connectivity index is 2.84. The van der Waals surface area contributed by atoms with Gasteiger partial charge >= 0.3 is 183 Å². The van der Waals surface area contributed by atoms with Crippen molar-refractivity contribution in [1.29, 1.82) is 0 Å². The molecule has 0 spiro atoms. The molecule has 0 heterocycles. The van der Waals surface area contributed by atoms with Crippen LogP contribution >= 0.6 is 32.1 Å². The van der Waals surface area contributed by atoms with Gasteiger partial charge in [0.25, 0.3) is 0 Å². The predicted molar refractivity (Wildman–Crippen MR) is 122 cm³/mol. The molecule has 1 aromatic rings. The molecule has 1 rings (SSSR count). The third kappa shape index (κ3) is 11.5. The first-order valence-electron chi connectivity index (χ1n) is 8.57. The van der Waals surface area contributed by atoms with E-state index in [1.54, 1.807) is 0 Å². The van der Waals surface area contributed by atoms with Gasteiger partial charge in [0.2, 0.25) is 0 Å². The molecule has 0 saturated heterocycles. The molecule has 1 aromatic carbocycles. The Bertz CT molecular complexity index is 630. The number of benzene rings is 1. The number of hydrogen-bond acceptors (Lipinski definition) is 10. The van der Waals surface area contributed by atoms with Crippen molar-refractivity contribution in [3.05, 3.63) is 24.3 Å². The van der Waals surface area contributed by atoms with Crippen LogP contribution in [0.4, 0.5) is 5.69 Å². The van der Waals surface area contributed by atoms with Gasteiger partial charge in [-0.3, -0.25) is 0 Å². The van der Waals surface area contributed by atoms with Crippen LogP contribution in [0.2, 0.25) is 0 Å². The number of nitrogens with two attached hydrogens (primary N) is 1. The molecule has 0 saturated carbocycles. The summed E-state index contributed by atoms with van der Waals surface area (Å²) in [5.41, 5.74) is 6.52. The van der Waals surface area contributed by atoms with Gasteiger partial charge in [-0.15, -0.1) is 0 Å². The third-order valence-corrected chi connectivity index (χ3v) is 18.2. The summed E-state index contributed by atoms with van der Waals surface area (Å²) >= 11 is -0.402. The monoisotopic (exact) mass is 534 g/mol. The zero-order valence-corrected chi connectivity index (χ0v) is 20.7. The fraction of sp³-hybridized carbons (Fsp3) is 0.600. The summed E-state index contributed by atoms with van der Waals surface area (Å²) in [7, 11) is -0.0664. The Morgan fingerprint density at radius 3 is 2.39 bits per heavy atom. The zero-order chi connectivity index (χ0) is 20.8. The fourth-order valence-electron chi connectivity index (χ4n) is 2.08. The first-order valence-corrected chi connectivity index (χ1v) is 18.5. The molecule has 0 bridgehead atoms. The van der Waals surface area contributed by atoms with Crippen LogP contribution in [-0.4, -0.2) is 73.2 Å². The molecule has 4 N–H and O–H groups in total. The average molecular weight is 535 g/mol. The molecule has 28 heavy (non-hydrogen) atoms. The van der Waals surface area contributed by atoms with E-state index in [4.69, 9.17) is 15.5 Å². The quantitative estimate of drug-likeness (QED) is 0.0721. The van der Waals surface area contributed by atoms with Gasteiger partial charge in [0.1, 0.15) is 0 Å². The second-order valence-electron chi connectivity index (χ2n) is 5.47. The van der Waals surface area contributed by atoms with Crippen molar-refractivity contribution >= 4 is 64.6 Å². The van der Waals surface area contributed by atoms with Crippen LogP contribution < -0.4 is 15.0 Å². The standard InChI is InChI=1S/C15H27AsN2O6S4/c1-2-10-25-16(26-11-7-17)14-3-5-15(6-4-14)18(8-12-27-24-23-19)9-13-28(20,21)22/h3-6,19H,2,7-13,17H2,1H3,(H,20,21,22). The van der Waals surface area contributed by atoms with Crippen molar-refractivity contribution in [2.24, 2.45) is 5.73 Å². The first-order chi connectivity index (χ1) is 13.4. The summed E-state index contributed by atoms with van der Waals surface area (Å²) in [5, 5.41) is 11.7. The van der Waals surface area contributed by atoms with Gasteiger partial charge in [0.15, 0.2) is 0 Å². The molecule has 0 fully saturated rings. The van der Waals surface area contributed by atoms with Crippen LogP contribution in [0.3, 0.4) is 0 Å². The van der Waals surface area contributed by atoms with E-state index < -0.39 is 22.5 Å². The minimum absolute atomic E-state index is 0.145. The third-order valence-electron chi connectivity index (χ3n) is 3.31. The second kappa shape index (κ2) is 15.2. The Hall–Kier alpha value is 0.378. The van der Waals surface area contributed by atoms with E-state index in [-0.39, 0.29) is 12.3 Å². The van der Waals surface area contributed by atoms with Crippen LogP contribution in [0.5, 0.6) is 0 Å². The molecular weight excluding hydrogens is 507 g/mol. The molecular formula is C15H27AsN2O6S4. The fourth-order valence-corrected chi connectivity index (χ4v) is 15.7. The van der Waals surface area contributed by atoms with Crippen molar-refractivity contribution in [3.8, 4) is 0 Å². The molecule has 0 aliphatic heterocycles. The van der Waals surface area contributed by atoms with E-state index in [9.17, 15) is 8.42 Å². The molecule has 13 heteroatoms. The van der Waals surface area contributed by atoms with Gasteiger partial charge in [0, 0.05) is 0 Å². The van der Waals surface area contributed by atoms with Gasteiger partial charge in [-0.05, 0) is 0 Å². The molecule has 0 aromatic heterocycles. The van der Waals surface area contributed by atoms with Crippen molar-refractivity contribution in [3.63, 3.8) is 0 Å². The SMILES string of the molecule is CCCS[As](SCCN)c1ccc(N(CCSOOO)CCS(=O)(=O)O)cc1. The van der Waals surface area contributed by atoms with Crippen LogP contribution in [0.15, 0.2) is 24.3 Å². The van der Waals surface area contributed by atoms with E-state index in [1.807, 2.05) is 37.1 Å². The summed E-state index contributed by atoms with van der Waals surface area (Å²) in [6.45, 7) is 3.44. The summed E-state index contributed by atoms with van der Waals surface area (Å²) in [6, 6.07) is 8.15. The average Bonchev–Trinajstić information content (AvgIpc) is 2.67. The Morgan fingerprint density at radius 1 is 1.14 bits per heavy atom. The topological polar surface area (TPSA) is 122 Å². The van der Waals surface area contributed by atoms with Crippen LogP contribution in [-0.2, 0) is 19.5 Å².